The summed E-state index contributed by atoms with van der Waals surface area (Å²) in [6, 6.07) is 4.70. The molecular weight excluding hydrogens is 413 g/mol. The van der Waals surface area contributed by atoms with Gasteiger partial charge in [0.1, 0.15) is 30.4 Å². The molecule has 2 aromatic carbocycles. The second-order valence-electron chi connectivity index (χ2n) is 7.20. The van der Waals surface area contributed by atoms with Crippen molar-refractivity contribution < 1.29 is 27.4 Å². The fourth-order valence-electron chi connectivity index (χ4n) is 3.52. The predicted molar refractivity (Wildman–Crippen MR) is 110 cm³/mol. The molecule has 0 saturated heterocycles. The molecule has 0 unspecified atom stereocenters. The average molecular weight is 434 g/mol. The summed E-state index contributed by atoms with van der Waals surface area (Å²) in [6.07, 6.45) is -4.49. The molecule has 1 aliphatic rings. The van der Waals surface area contributed by atoms with Crippen LogP contribution in [0, 0.1) is 6.92 Å². The number of methoxy groups -OCH3 is 1. The minimum Gasteiger partial charge on any atom is -0.491 e. The third kappa shape index (κ3) is 3.97. The molecule has 0 radical (unpaired) electrons. The fraction of sp³-hybridized carbons (Fsp3) is 0.333. The van der Waals surface area contributed by atoms with Gasteiger partial charge in [-0.25, -0.2) is 9.97 Å². The maximum atomic E-state index is 13.2. The van der Waals surface area contributed by atoms with Crippen molar-refractivity contribution in [1.82, 2.24) is 9.97 Å². The first kappa shape index (κ1) is 20.8. The lowest BCUT2D eigenvalue weighted by molar-refractivity contribution is -0.137. The number of anilines is 2. The van der Waals surface area contributed by atoms with Crippen molar-refractivity contribution >= 4 is 22.4 Å². The number of nitrogen functional groups attached to an aromatic ring is 1. The van der Waals surface area contributed by atoms with Crippen LogP contribution in [0.3, 0.4) is 0 Å². The predicted octanol–water partition coefficient (Wildman–Crippen LogP) is 4.49. The van der Waals surface area contributed by atoms with Gasteiger partial charge in [0.2, 0.25) is 5.75 Å². The topological polar surface area (TPSA) is 91.5 Å². The molecule has 7 nitrogen and oxygen atoms in total. The molecule has 4 rings (SSSR count). The number of benzene rings is 2. The fourth-order valence-corrected chi connectivity index (χ4v) is 3.52. The van der Waals surface area contributed by atoms with Crippen LogP contribution in [-0.4, -0.2) is 30.3 Å². The Bertz CT molecular complexity index is 1150. The van der Waals surface area contributed by atoms with Gasteiger partial charge in [0.05, 0.1) is 24.1 Å². The molecule has 0 spiro atoms. The lowest BCUT2D eigenvalue weighted by Crippen LogP contribution is -2.17. The van der Waals surface area contributed by atoms with Gasteiger partial charge in [0, 0.05) is 5.69 Å². The maximum Gasteiger partial charge on any atom is 0.416 e. The van der Waals surface area contributed by atoms with E-state index in [1.54, 1.807) is 19.9 Å². The van der Waals surface area contributed by atoms with Crippen molar-refractivity contribution in [3.05, 3.63) is 41.2 Å². The Morgan fingerprint density at radius 3 is 2.58 bits per heavy atom. The van der Waals surface area contributed by atoms with Gasteiger partial charge in [-0.15, -0.1) is 0 Å². The number of halogens is 3. The highest BCUT2D eigenvalue weighted by molar-refractivity contribution is 5.97. The van der Waals surface area contributed by atoms with E-state index in [4.69, 9.17) is 19.9 Å². The van der Waals surface area contributed by atoms with Crippen molar-refractivity contribution in [1.29, 1.82) is 0 Å². The van der Waals surface area contributed by atoms with Crippen molar-refractivity contribution in [2.75, 3.05) is 31.4 Å². The van der Waals surface area contributed by atoms with E-state index in [1.807, 2.05) is 0 Å². The van der Waals surface area contributed by atoms with Crippen LogP contribution >= 0.6 is 0 Å². The molecule has 10 heteroatoms. The van der Waals surface area contributed by atoms with Gasteiger partial charge in [-0.1, -0.05) is 0 Å². The zero-order valence-electron chi connectivity index (χ0n) is 17.1. The Kier molecular flexibility index (Phi) is 5.16. The monoisotopic (exact) mass is 434 g/mol. The van der Waals surface area contributed by atoms with E-state index in [-0.39, 0.29) is 5.69 Å². The van der Waals surface area contributed by atoms with Crippen LogP contribution in [0.4, 0.5) is 24.7 Å². The Balaban J connectivity index is 1.79. The van der Waals surface area contributed by atoms with Crippen molar-refractivity contribution in [3.63, 3.8) is 0 Å². The highest BCUT2D eigenvalue weighted by Gasteiger charge is 2.31. The first-order chi connectivity index (χ1) is 14.7. The van der Waals surface area contributed by atoms with Crippen molar-refractivity contribution in [2.45, 2.75) is 26.1 Å². The Hall–Kier alpha value is -3.43. The van der Waals surface area contributed by atoms with Crippen LogP contribution in [0.2, 0.25) is 0 Å². The molecule has 3 N–H and O–H groups in total. The number of fused-ring (bicyclic) bond motifs is 2. The van der Waals surface area contributed by atoms with Crippen LogP contribution in [0.5, 0.6) is 17.2 Å². The van der Waals surface area contributed by atoms with Gasteiger partial charge < -0.3 is 25.3 Å². The Morgan fingerprint density at radius 2 is 1.87 bits per heavy atom. The molecule has 31 heavy (non-hydrogen) atoms. The number of rotatable bonds is 4. The summed E-state index contributed by atoms with van der Waals surface area (Å²) in [6.45, 7) is 4.22. The Morgan fingerprint density at radius 1 is 1.13 bits per heavy atom. The van der Waals surface area contributed by atoms with Gasteiger partial charge in [-0.2, -0.15) is 13.2 Å². The minimum absolute atomic E-state index is 0.0310. The molecule has 1 atom stereocenters. The highest BCUT2D eigenvalue weighted by atomic mass is 19.4. The van der Waals surface area contributed by atoms with Crippen molar-refractivity contribution in [3.8, 4) is 17.2 Å². The summed E-state index contributed by atoms with van der Waals surface area (Å²) < 4.78 is 56.5. The Labute approximate surface area is 176 Å². The summed E-state index contributed by atoms with van der Waals surface area (Å²) in [4.78, 5) is 8.93. The van der Waals surface area contributed by atoms with E-state index in [2.05, 4.69) is 15.3 Å². The number of nitrogens with two attached hydrogens (primary N) is 1. The van der Waals surface area contributed by atoms with E-state index in [1.165, 1.54) is 13.2 Å². The largest absolute Gasteiger partial charge is 0.491 e. The van der Waals surface area contributed by atoms with Gasteiger partial charge in [-0.3, -0.25) is 0 Å². The lowest BCUT2D eigenvalue weighted by Gasteiger charge is -2.23. The molecule has 0 fully saturated rings. The second-order valence-corrected chi connectivity index (χ2v) is 7.20. The molecule has 3 aromatic rings. The van der Waals surface area contributed by atoms with E-state index in [9.17, 15) is 13.2 Å². The van der Waals surface area contributed by atoms with Crippen molar-refractivity contribution in [2.24, 2.45) is 0 Å². The van der Waals surface area contributed by atoms with Gasteiger partial charge in [0.15, 0.2) is 11.5 Å². The smallest absolute Gasteiger partial charge is 0.416 e. The van der Waals surface area contributed by atoms with Crippen LogP contribution in [0.15, 0.2) is 24.3 Å². The third-order valence-corrected chi connectivity index (χ3v) is 4.93. The number of nitrogens with zero attached hydrogens (tertiary/aromatic N) is 2. The van der Waals surface area contributed by atoms with Crippen LogP contribution < -0.4 is 25.3 Å². The molecule has 0 saturated carbocycles. The third-order valence-electron chi connectivity index (χ3n) is 4.93. The first-order valence-corrected chi connectivity index (χ1v) is 9.56. The van der Waals surface area contributed by atoms with Crippen LogP contribution in [0.1, 0.15) is 29.9 Å². The minimum atomic E-state index is -4.49. The number of alkyl halides is 3. The SMILES string of the molecule is COc1c2c(cc3c(N[C@H](C)c4cc(N)cc(C(F)(F)F)c4)nc(C)nc13)OCCO2. The summed E-state index contributed by atoms with van der Waals surface area (Å²) in [5, 5.41) is 3.78. The number of aryl methyl sites for hydroxylation is 1. The van der Waals surface area contributed by atoms with E-state index in [0.717, 1.165) is 12.1 Å². The molecule has 0 amide bonds. The summed E-state index contributed by atoms with van der Waals surface area (Å²) in [5.41, 5.74) is 5.83. The molecule has 0 bridgehead atoms. The van der Waals surface area contributed by atoms with E-state index in [0.29, 0.717) is 58.6 Å². The zero-order valence-corrected chi connectivity index (χ0v) is 17.1. The van der Waals surface area contributed by atoms with Gasteiger partial charge in [0.25, 0.3) is 0 Å². The first-order valence-electron chi connectivity index (χ1n) is 9.56. The quantitative estimate of drug-likeness (QED) is 0.585. The summed E-state index contributed by atoms with van der Waals surface area (Å²) >= 11 is 0. The molecular formula is C21H21F3N4O3. The molecule has 1 aromatic heterocycles. The molecule has 2 heterocycles. The average Bonchev–Trinajstić information content (AvgIpc) is 2.71. The summed E-state index contributed by atoms with van der Waals surface area (Å²) in [7, 11) is 1.51. The second kappa shape index (κ2) is 7.68. The number of nitrogens with one attached hydrogen (secondary N) is 1. The van der Waals surface area contributed by atoms with Crippen LogP contribution in [0.25, 0.3) is 10.9 Å². The van der Waals surface area contributed by atoms with E-state index >= 15 is 0 Å². The number of ether oxygens (including phenoxy) is 3. The molecule has 0 aliphatic carbocycles. The highest BCUT2D eigenvalue weighted by Crippen LogP contribution is 2.46. The lowest BCUT2D eigenvalue weighted by atomic mass is 10.0. The molecule has 1 aliphatic heterocycles. The number of aromatic nitrogens is 2. The maximum absolute atomic E-state index is 13.2. The number of hydrogen-bond acceptors (Lipinski definition) is 7. The molecule has 164 valence electrons. The normalized spacial score (nSPS) is 14.4. The summed E-state index contributed by atoms with van der Waals surface area (Å²) in [5.74, 6) is 2.25. The van der Waals surface area contributed by atoms with E-state index < -0.39 is 17.8 Å². The van der Waals surface area contributed by atoms with Crippen LogP contribution in [-0.2, 0) is 6.18 Å². The zero-order chi connectivity index (χ0) is 22.3. The standard InChI is InChI=1S/C21H21F3N4O3/c1-10(12-6-13(21(22,23)24)8-14(25)7-12)26-20-15-9-16-18(31-5-4-30-16)19(29-3)17(15)27-11(2)28-20/h6-10H,4-5,25H2,1-3H3,(H,26,27,28)/t10-/m1/s1. The van der Waals surface area contributed by atoms with Gasteiger partial charge >= 0.3 is 6.18 Å². The van der Waals surface area contributed by atoms with Gasteiger partial charge in [-0.05, 0) is 43.7 Å². The number of hydrogen-bond donors (Lipinski definition) is 2.